The van der Waals surface area contributed by atoms with Crippen molar-refractivity contribution in [2.75, 3.05) is 6.61 Å². The molecule has 0 aliphatic heterocycles. The van der Waals surface area contributed by atoms with Crippen molar-refractivity contribution in [1.29, 1.82) is 0 Å². The van der Waals surface area contributed by atoms with Gasteiger partial charge in [-0.25, -0.2) is 4.79 Å². The first-order valence-electron chi connectivity index (χ1n) is 10.8. The Labute approximate surface area is 165 Å². The summed E-state index contributed by atoms with van der Waals surface area (Å²) in [6.45, 7) is 18.1. The molecule has 5 heteroatoms. The molecule has 1 unspecified atom stereocenters. The lowest BCUT2D eigenvalue weighted by atomic mass is 10.0. The molecule has 1 atom stereocenters. The summed E-state index contributed by atoms with van der Waals surface area (Å²) in [5.41, 5.74) is 3.02. The molecule has 0 rings (SSSR count). The van der Waals surface area contributed by atoms with Gasteiger partial charge in [-0.3, -0.25) is 0 Å². The van der Waals surface area contributed by atoms with Gasteiger partial charge in [-0.05, 0) is 31.5 Å². The summed E-state index contributed by atoms with van der Waals surface area (Å²) >= 11 is 0. The zero-order valence-electron chi connectivity index (χ0n) is 18.7. The van der Waals surface area contributed by atoms with Crippen LogP contribution in [-0.4, -0.2) is 35.1 Å². The Balaban J connectivity index is 5.70. The SMILES string of the molecule is CCCCCCC(O[Si](CC)(CC)CC)/C(=C/[Si](C)(C)C)C(=O)OCC. The van der Waals surface area contributed by atoms with Crippen molar-refractivity contribution in [1.82, 2.24) is 0 Å². The number of esters is 1. The lowest BCUT2D eigenvalue weighted by Crippen LogP contribution is -2.42. The third-order valence-corrected chi connectivity index (χ3v) is 10.9. The van der Waals surface area contributed by atoms with E-state index in [1.54, 1.807) is 0 Å². The van der Waals surface area contributed by atoms with Gasteiger partial charge < -0.3 is 9.16 Å². The van der Waals surface area contributed by atoms with Gasteiger partial charge in [0.1, 0.15) is 0 Å². The predicted octanol–water partition coefficient (Wildman–Crippen LogP) is 6.71. The average Bonchev–Trinajstić information content (AvgIpc) is 2.59. The van der Waals surface area contributed by atoms with Gasteiger partial charge >= 0.3 is 5.97 Å². The highest BCUT2D eigenvalue weighted by Gasteiger charge is 2.35. The summed E-state index contributed by atoms with van der Waals surface area (Å²) in [5.74, 6) is -0.165. The highest BCUT2D eigenvalue weighted by molar-refractivity contribution is 6.81. The Morgan fingerprint density at radius 3 is 1.92 bits per heavy atom. The van der Waals surface area contributed by atoms with Gasteiger partial charge in [-0.1, -0.05) is 78.7 Å². The fourth-order valence-corrected chi connectivity index (χ4v) is 7.39. The van der Waals surface area contributed by atoms with Crippen LogP contribution in [0.2, 0.25) is 37.8 Å². The molecule has 0 bridgehead atoms. The molecule has 26 heavy (non-hydrogen) atoms. The second kappa shape index (κ2) is 12.9. The van der Waals surface area contributed by atoms with E-state index in [4.69, 9.17) is 9.16 Å². The maximum atomic E-state index is 12.8. The molecule has 0 amide bonds. The minimum absolute atomic E-state index is 0.0934. The molecule has 0 aromatic heterocycles. The van der Waals surface area contributed by atoms with E-state index in [-0.39, 0.29) is 12.1 Å². The Bertz CT molecular complexity index is 415. The average molecular weight is 401 g/mol. The Kier molecular flexibility index (Phi) is 12.7. The molecular formula is C21H44O3Si2. The van der Waals surface area contributed by atoms with Gasteiger partial charge in [0.15, 0.2) is 8.32 Å². The molecule has 0 aliphatic carbocycles. The summed E-state index contributed by atoms with van der Waals surface area (Å²) in [4.78, 5) is 12.8. The third-order valence-electron chi connectivity index (χ3n) is 5.09. The number of unbranched alkanes of at least 4 members (excludes halogenated alkanes) is 3. The van der Waals surface area contributed by atoms with Gasteiger partial charge in [0.2, 0.25) is 0 Å². The fraction of sp³-hybridized carbons (Fsp3) is 0.857. The molecule has 0 saturated heterocycles. The van der Waals surface area contributed by atoms with Crippen LogP contribution in [-0.2, 0) is 14.0 Å². The van der Waals surface area contributed by atoms with Crippen LogP contribution in [0.5, 0.6) is 0 Å². The van der Waals surface area contributed by atoms with Crippen LogP contribution in [0.1, 0.15) is 66.7 Å². The van der Waals surface area contributed by atoms with E-state index in [2.05, 4.69) is 53.0 Å². The van der Waals surface area contributed by atoms with Crippen LogP contribution in [0.15, 0.2) is 11.3 Å². The molecule has 0 fully saturated rings. The quantitative estimate of drug-likeness (QED) is 0.141. The van der Waals surface area contributed by atoms with Crippen molar-refractivity contribution in [3.8, 4) is 0 Å². The first-order chi connectivity index (χ1) is 12.2. The molecule has 0 aromatic rings. The highest BCUT2D eigenvalue weighted by atomic mass is 28.4. The first-order valence-corrected chi connectivity index (χ1v) is 16.9. The van der Waals surface area contributed by atoms with Gasteiger partial charge in [0.25, 0.3) is 0 Å². The van der Waals surface area contributed by atoms with E-state index in [1.807, 2.05) is 6.92 Å². The first kappa shape index (κ1) is 25.6. The van der Waals surface area contributed by atoms with Crippen molar-refractivity contribution in [3.05, 3.63) is 11.3 Å². The van der Waals surface area contributed by atoms with Crippen molar-refractivity contribution >= 4 is 22.4 Å². The predicted molar refractivity (Wildman–Crippen MR) is 119 cm³/mol. The molecule has 0 saturated carbocycles. The van der Waals surface area contributed by atoms with Crippen LogP contribution >= 0.6 is 0 Å². The molecule has 0 radical (unpaired) electrons. The summed E-state index contributed by atoms with van der Waals surface area (Å²) in [6.07, 6.45) is 5.63. The number of carbonyl (C=O) groups excluding carboxylic acids is 1. The van der Waals surface area contributed by atoms with E-state index < -0.39 is 16.4 Å². The van der Waals surface area contributed by atoms with Crippen LogP contribution in [0, 0.1) is 0 Å². The number of hydrogen-bond acceptors (Lipinski definition) is 3. The summed E-state index contributed by atoms with van der Waals surface area (Å²) in [5, 5.41) is 0. The summed E-state index contributed by atoms with van der Waals surface area (Å²) < 4.78 is 12.3. The lowest BCUT2D eigenvalue weighted by Gasteiger charge is -2.34. The molecule has 3 nitrogen and oxygen atoms in total. The molecule has 0 aliphatic rings. The number of ether oxygens (including phenoxy) is 1. The zero-order valence-corrected chi connectivity index (χ0v) is 20.7. The normalized spacial score (nSPS) is 14.4. The Morgan fingerprint density at radius 2 is 1.50 bits per heavy atom. The van der Waals surface area contributed by atoms with Crippen LogP contribution in [0.3, 0.4) is 0 Å². The smallest absolute Gasteiger partial charge is 0.335 e. The molecule has 154 valence electrons. The monoisotopic (exact) mass is 400 g/mol. The maximum Gasteiger partial charge on any atom is 0.335 e. The van der Waals surface area contributed by atoms with Gasteiger partial charge in [0.05, 0.1) is 26.4 Å². The fourth-order valence-electron chi connectivity index (χ4n) is 3.30. The molecule has 0 spiro atoms. The second-order valence-electron chi connectivity index (χ2n) is 8.39. The van der Waals surface area contributed by atoms with Crippen LogP contribution in [0.25, 0.3) is 0 Å². The van der Waals surface area contributed by atoms with E-state index >= 15 is 0 Å². The van der Waals surface area contributed by atoms with Crippen LogP contribution in [0.4, 0.5) is 0 Å². The number of carbonyl (C=O) groups is 1. The van der Waals surface area contributed by atoms with Crippen molar-refractivity contribution < 1.29 is 14.0 Å². The van der Waals surface area contributed by atoms with Gasteiger partial charge in [-0.15, -0.1) is 0 Å². The topological polar surface area (TPSA) is 35.5 Å². The minimum atomic E-state index is -1.79. The third kappa shape index (κ3) is 9.51. The molecule has 0 aromatic carbocycles. The maximum absolute atomic E-state index is 12.8. The summed E-state index contributed by atoms with van der Waals surface area (Å²) in [6, 6.07) is 3.32. The lowest BCUT2D eigenvalue weighted by molar-refractivity contribution is -0.139. The Hall–Kier alpha value is -0.396. The molecular weight excluding hydrogens is 356 g/mol. The van der Waals surface area contributed by atoms with Crippen molar-refractivity contribution in [2.45, 2.75) is 111 Å². The number of hydrogen-bond donors (Lipinski definition) is 0. The van der Waals surface area contributed by atoms with E-state index in [0.29, 0.717) is 6.61 Å². The zero-order chi connectivity index (χ0) is 20.2. The van der Waals surface area contributed by atoms with E-state index in [9.17, 15) is 4.79 Å². The molecule has 0 N–H and O–H groups in total. The highest BCUT2D eigenvalue weighted by Crippen LogP contribution is 2.29. The molecule has 0 heterocycles. The van der Waals surface area contributed by atoms with E-state index in [1.165, 1.54) is 19.3 Å². The van der Waals surface area contributed by atoms with E-state index in [0.717, 1.165) is 36.5 Å². The van der Waals surface area contributed by atoms with Crippen molar-refractivity contribution in [3.63, 3.8) is 0 Å². The number of rotatable bonds is 14. The van der Waals surface area contributed by atoms with Gasteiger partial charge in [-0.2, -0.15) is 0 Å². The minimum Gasteiger partial charge on any atom is -0.463 e. The standard InChI is InChI=1S/C21H44O3Si2/c1-9-14-15-16-17-20(24-26(11-3,12-4)13-5)19(18-25(6,7)8)21(22)23-10-2/h18,20H,9-17H2,1-8H3/b19-18-. The van der Waals surface area contributed by atoms with Crippen molar-refractivity contribution in [2.24, 2.45) is 0 Å². The summed E-state index contributed by atoms with van der Waals surface area (Å²) in [7, 11) is -3.35. The Morgan fingerprint density at radius 1 is 0.923 bits per heavy atom. The van der Waals surface area contributed by atoms with Crippen LogP contribution < -0.4 is 0 Å². The van der Waals surface area contributed by atoms with Gasteiger partial charge in [0, 0.05) is 0 Å². The largest absolute Gasteiger partial charge is 0.463 e. The second-order valence-corrected chi connectivity index (χ2v) is 18.1.